The van der Waals surface area contributed by atoms with E-state index in [1.165, 1.54) is 33.4 Å². The van der Waals surface area contributed by atoms with Crippen LogP contribution in [0.15, 0.2) is 54.0 Å². The molecule has 38 heavy (non-hydrogen) atoms. The Kier molecular flexibility index (Phi) is 8.06. The molecule has 200 valence electrons. The number of amides is 1. The number of nitrogens with zero attached hydrogens (tertiary/aromatic N) is 6. The van der Waals surface area contributed by atoms with Gasteiger partial charge in [0.05, 0.1) is 6.54 Å². The minimum atomic E-state index is -0.344. The third kappa shape index (κ3) is 5.83. The highest BCUT2D eigenvalue weighted by Gasteiger charge is 2.19. The summed E-state index contributed by atoms with van der Waals surface area (Å²) in [6.45, 7) is 13.7. The van der Waals surface area contributed by atoms with E-state index < -0.39 is 0 Å². The van der Waals surface area contributed by atoms with Crippen LogP contribution >= 0.6 is 0 Å². The number of likely N-dealkylation sites (N-methyl/N-ethyl adjacent to an activating group) is 1. The van der Waals surface area contributed by atoms with E-state index in [1.54, 1.807) is 6.08 Å². The second-order valence-corrected chi connectivity index (χ2v) is 9.72. The molecule has 0 bridgehead atoms. The molecule has 1 fully saturated rings. The summed E-state index contributed by atoms with van der Waals surface area (Å²) in [6.07, 6.45) is 5.63. The van der Waals surface area contributed by atoms with Crippen LogP contribution in [-0.2, 0) is 11.3 Å². The number of allylic oxidation sites excluding steroid dienone is 2. The maximum atomic E-state index is 13.0. The molecule has 3 N–H and O–H groups in total. The fourth-order valence-electron chi connectivity index (χ4n) is 4.44. The van der Waals surface area contributed by atoms with Crippen LogP contribution in [0.4, 0.5) is 17.3 Å². The van der Waals surface area contributed by atoms with Crippen molar-refractivity contribution in [2.75, 3.05) is 43.4 Å². The Balaban J connectivity index is 1.63. The molecule has 11 heteroatoms. The predicted octanol–water partition coefficient (Wildman–Crippen LogP) is 2.49. The largest absolute Gasteiger partial charge is 0.369 e. The number of piperazine rings is 1. The van der Waals surface area contributed by atoms with Gasteiger partial charge in [0.25, 0.3) is 5.56 Å². The molecular weight excluding hydrogens is 482 g/mol. The number of aryl methyl sites for hydroxylation is 1. The molecular formula is C27H35N9O2. The smallest absolute Gasteiger partial charge is 0.278 e. The molecule has 1 aromatic carbocycles. The van der Waals surface area contributed by atoms with Crippen molar-refractivity contribution < 1.29 is 4.79 Å². The number of anilines is 3. The van der Waals surface area contributed by atoms with Gasteiger partial charge < -0.3 is 20.4 Å². The average molecular weight is 518 g/mol. The van der Waals surface area contributed by atoms with Crippen LogP contribution in [0.25, 0.3) is 11.0 Å². The minimum absolute atomic E-state index is 0.0340. The summed E-state index contributed by atoms with van der Waals surface area (Å²) in [4.78, 5) is 38.7. The first-order chi connectivity index (χ1) is 18.2. The quantitative estimate of drug-likeness (QED) is 0.181. The van der Waals surface area contributed by atoms with Crippen LogP contribution in [0, 0.1) is 12.3 Å². The van der Waals surface area contributed by atoms with Crippen molar-refractivity contribution in [1.82, 2.24) is 29.5 Å². The lowest BCUT2D eigenvalue weighted by molar-refractivity contribution is -0.116. The Labute approximate surface area is 222 Å². The number of rotatable bonds is 8. The molecule has 0 spiro atoms. The van der Waals surface area contributed by atoms with E-state index in [0.717, 1.165) is 37.4 Å². The van der Waals surface area contributed by atoms with Gasteiger partial charge in [-0.15, -0.1) is 6.58 Å². The maximum absolute atomic E-state index is 13.0. The third-order valence-corrected chi connectivity index (χ3v) is 6.33. The molecule has 3 heterocycles. The Hall–Kier alpha value is -4.25. The van der Waals surface area contributed by atoms with Crippen LogP contribution in [0.1, 0.15) is 19.4 Å². The van der Waals surface area contributed by atoms with E-state index in [0.29, 0.717) is 5.95 Å². The third-order valence-electron chi connectivity index (χ3n) is 6.33. The standard InChI is InChI=1S/C27H35N9O2/c1-6-11-35-26(38)21-17-29-27(32-25(21)36(35)23(28)9-10-24(37)30-18(2)3)31-20-7-8-22(19(4)16-20)34-14-12-33(5)13-15-34/h6-10,16-18,28H,1,11-15H2,2-5H3,(H,30,37)(H,29,31,32)/b10-9-,28-23?. The first-order valence-corrected chi connectivity index (χ1v) is 12.7. The molecule has 2 aromatic heterocycles. The second-order valence-electron chi connectivity index (χ2n) is 9.72. The highest BCUT2D eigenvalue weighted by molar-refractivity contribution is 6.01. The summed E-state index contributed by atoms with van der Waals surface area (Å²) in [6, 6.07) is 6.10. The zero-order valence-electron chi connectivity index (χ0n) is 22.4. The van der Waals surface area contributed by atoms with E-state index >= 15 is 0 Å². The molecule has 11 nitrogen and oxygen atoms in total. The zero-order chi connectivity index (χ0) is 27.4. The van der Waals surface area contributed by atoms with Crippen molar-refractivity contribution in [3.8, 4) is 0 Å². The van der Waals surface area contributed by atoms with Gasteiger partial charge in [-0.25, -0.2) is 14.3 Å². The number of hydrogen-bond donors (Lipinski definition) is 3. The van der Waals surface area contributed by atoms with Gasteiger partial charge in [0.15, 0.2) is 5.65 Å². The van der Waals surface area contributed by atoms with Crippen molar-refractivity contribution >= 4 is 40.1 Å². The monoisotopic (exact) mass is 517 g/mol. The van der Waals surface area contributed by atoms with Gasteiger partial charge in [0.2, 0.25) is 11.9 Å². The van der Waals surface area contributed by atoms with Crippen LogP contribution < -0.4 is 21.1 Å². The molecule has 1 amide bonds. The van der Waals surface area contributed by atoms with Gasteiger partial charge in [-0.3, -0.25) is 15.0 Å². The van der Waals surface area contributed by atoms with Gasteiger partial charge in [-0.1, -0.05) is 6.08 Å². The molecule has 1 saturated heterocycles. The number of aromatic nitrogens is 4. The fraction of sp³-hybridized carbons (Fsp3) is 0.370. The van der Waals surface area contributed by atoms with Crippen molar-refractivity contribution in [3.05, 3.63) is 65.1 Å². The van der Waals surface area contributed by atoms with E-state index in [2.05, 4.69) is 63.1 Å². The molecule has 0 radical (unpaired) electrons. The molecule has 4 rings (SSSR count). The molecule has 0 atom stereocenters. The summed E-state index contributed by atoms with van der Waals surface area (Å²) in [5.74, 6) is -0.121. The average Bonchev–Trinajstić information content (AvgIpc) is 3.14. The summed E-state index contributed by atoms with van der Waals surface area (Å²) < 4.78 is 2.71. The SMILES string of the molecule is C=CCn1c(=O)c2cnc(Nc3ccc(N4CCN(C)CC4)c(C)c3)nc2n1C(=N)/C=C\C(=O)NC(C)C. The van der Waals surface area contributed by atoms with Gasteiger partial charge in [0, 0.05) is 55.9 Å². The van der Waals surface area contributed by atoms with Crippen LogP contribution in [0.2, 0.25) is 0 Å². The van der Waals surface area contributed by atoms with Crippen molar-refractivity contribution in [3.63, 3.8) is 0 Å². The van der Waals surface area contributed by atoms with E-state index in [9.17, 15) is 9.59 Å². The lowest BCUT2D eigenvalue weighted by Crippen LogP contribution is -2.44. The van der Waals surface area contributed by atoms with Crippen molar-refractivity contribution in [1.29, 1.82) is 5.41 Å². The lowest BCUT2D eigenvalue weighted by Gasteiger charge is -2.35. The Morgan fingerprint density at radius 2 is 1.95 bits per heavy atom. The second kappa shape index (κ2) is 11.4. The number of fused-ring (bicyclic) bond motifs is 1. The van der Waals surface area contributed by atoms with Gasteiger partial charge >= 0.3 is 0 Å². The van der Waals surface area contributed by atoms with Gasteiger partial charge in [-0.05, 0) is 57.7 Å². The number of carbonyl (C=O) groups is 1. The number of benzene rings is 1. The Morgan fingerprint density at radius 3 is 2.61 bits per heavy atom. The van der Waals surface area contributed by atoms with E-state index in [4.69, 9.17) is 5.41 Å². The maximum Gasteiger partial charge on any atom is 0.278 e. The van der Waals surface area contributed by atoms with Crippen LogP contribution in [0.5, 0.6) is 0 Å². The predicted molar refractivity (Wildman–Crippen MR) is 152 cm³/mol. The topological polar surface area (TPSA) is 124 Å². The summed E-state index contributed by atoms with van der Waals surface area (Å²) in [5.41, 5.74) is 3.08. The highest BCUT2D eigenvalue weighted by atomic mass is 16.1. The summed E-state index contributed by atoms with van der Waals surface area (Å²) in [5, 5.41) is 14.8. The summed E-state index contributed by atoms with van der Waals surface area (Å²) >= 11 is 0. The lowest BCUT2D eigenvalue weighted by atomic mass is 10.1. The molecule has 0 unspecified atom stereocenters. The molecule has 3 aromatic rings. The summed E-state index contributed by atoms with van der Waals surface area (Å²) in [7, 11) is 2.14. The molecule has 0 aliphatic carbocycles. The number of nitrogens with one attached hydrogen (secondary N) is 3. The normalized spacial score (nSPS) is 14.4. The fourth-order valence-corrected chi connectivity index (χ4v) is 4.44. The van der Waals surface area contributed by atoms with Crippen LogP contribution in [-0.4, -0.2) is 75.2 Å². The van der Waals surface area contributed by atoms with Gasteiger partial charge in [-0.2, -0.15) is 4.98 Å². The van der Waals surface area contributed by atoms with E-state index in [-0.39, 0.29) is 40.9 Å². The first-order valence-electron chi connectivity index (χ1n) is 12.7. The Morgan fingerprint density at radius 1 is 1.21 bits per heavy atom. The molecule has 0 saturated carbocycles. The minimum Gasteiger partial charge on any atom is -0.369 e. The van der Waals surface area contributed by atoms with Gasteiger partial charge in [0.1, 0.15) is 11.2 Å². The Bertz CT molecular complexity index is 1440. The number of hydrogen-bond acceptors (Lipinski definition) is 8. The zero-order valence-corrected chi connectivity index (χ0v) is 22.4. The molecule has 1 aliphatic rings. The van der Waals surface area contributed by atoms with E-state index in [1.807, 2.05) is 19.9 Å². The first kappa shape index (κ1) is 26.8. The number of carbonyl (C=O) groups excluding carboxylic acids is 1. The molecule has 1 aliphatic heterocycles. The van der Waals surface area contributed by atoms with Crippen molar-refractivity contribution in [2.24, 2.45) is 0 Å². The van der Waals surface area contributed by atoms with Crippen molar-refractivity contribution in [2.45, 2.75) is 33.4 Å². The highest BCUT2D eigenvalue weighted by Crippen LogP contribution is 2.26. The van der Waals surface area contributed by atoms with Crippen LogP contribution in [0.3, 0.4) is 0 Å².